The quantitative estimate of drug-likeness (QED) is 0.197. The molecular formula is C27H20N4O4S. The third-order valence-electron chi connectivity index (χ3n) is 5.61. The first kappa shape index (κ1) is 23.1. The van der Waals surface area contributed by atoms with Crippen LogP contribution in [0.3, 0.4) is 0 Å². The Labute approximate surface area is 210 Å². The lowest BCUT2D eigenvalue weighted by Crippen LogP contribution is -2.22. The number of esters is 1. The van der Waals surface area contributed by atoms with Gasteiger partial charge >= 0.3 is 5.97 Å². The van der Waals surface area contributed by atoms with Crippen molar-refractivity contribution >= 4 is 45.0 Å². The highest BCUT2D eigenvalue weighted by molar-refractivity contribution is 7.18. The average Bonchev–Trinajstić information content (AvgIpc) is 3.53. The molecule has 0 saturated heterocycles. The predicted molar refractivity (Wildman–Crippen MR) is 137 cm³/mol. The molecule has 0 unspecified atom stereocenters. The Morgan fingerprint density at radius 3 is 2.53 bits per heavy atom. The van der Waals surface area contributed by atoms with Gasteiger partial charge in [-0.3, -0.25) is 14.9 Å². The van der Waals surface area contributed by atoms with Gasteiger partial charge in [-0.15, -0.1) is 10.2 Å². The van der Waals surface area contributed by atoms with Gasteiger partial charge in [0.25, 0.3) is 11.7 Å². The summed E-state index contributed by atoms with van der Waals surface area (Å²) in [7, 11) is 1.33. The molecule has 0 aliphatic carbocycles. The zero-order chi connectivity index (χ0) is 25.1. The monoisotopic (exact) mass is 496 g/mol. The summed E-state index contributed by atoms with van der Waals surface area (Å²) in [6.45, 7) is 0.400. The Kier molecular flexibility index (Phi) is 6.38. The van der Waals surface area contributed by atoms with E-state index in [0.29, 0.717) is 22.5 Å². The van der Waals surface area contributed by atoms with Gasteiger partial charge in [0.1, 0.15) is 5.01 Å². The maximum absolute atomic E-state index is 13.2. The van der Waals surface area contributed by atoms with Gasteiger partial charge in [0.2, 0.25) is 5.13 Å². The molecule has 0 saturated carbocycles. The summed E-state index contributed by atoms with van der Waals surface area (Å²) in [6.07, 6.45) is 1.66. The van der Waals surface area contributed by atoms with Crippen molar-refractivity contribution in [1.29, 1.82) is 0 Å². The van der Waals surface area contributed by atoms with Gasteiger partial charge in [-0.1, -0.05) is 72.0 Å². The minimum atomic E-state index is -0.790. The van der Waals surface area contributed by atoms with Crippen molar-refractivity contribution in [2.75, 3.05) is 12.4 Å². The number of rotatable bonds is 7. The van der Waals surface area contributed by atoms with E-state index in [9.17, 15) is 14.4 Å². The number of nitrogens with zero attached hydrogens (tertiary/aromatic N) is 3. The van der Waals surface area contributed by atoms with Crippen LogP contribution in [0.2, 0.25) is 0 Å². The molecule has 0 aliphatic heterocycles. The molecule has 1 amide bonds. The third kappa shape index (κ3) is 4.64. The van der Waals surface area contributed by atoms with E-state index in [-0.39, 0.29) is 10.7 Å². The van der Waals surface area contributed by atoms with Gasteiger partial charge < -0.3 is 9.30 Å². The lowest BCUT2D eigenvalue weighted by Gasteiger charge is -2.07. The molecule has 1 N–H and O–H groups in total. The fraction of sp³-hybridized carbons (Fsp3) is 0.0741. The van der Waals surface area contributed by atoms with E-state index in [1.807, 2.05) is 59.2 Å². The molecule has 5 rings (SSSR count). The van der Waals surface area contributed by atoms with E-state index in [1.54, 1.807) is 30.5 Å². The van der Waals surface area contributed by atoms with Gasteiger partial charge in [-0.05, 0) is 23.8 Å². The summed E-state index contributed by atoms with van der Waals surface area (Å²) in [4.78, 5) is 37.9. The second kappa shape index (κ2) is 9.93. The van der Waals surface area contributed by atoms with Crippen LogP contribution in [0.15, 0.2) is 85.1 Å². The number of aromatic nitrogens is 3. The van der Waals surface area contributed by atoms with E-state index in [2.05, 4.69) is 15.5 Å². The summed E-state index contributed by atoms with van der Waals surface area (Å²) in [6, 6.07) is 23.9. The second-order valence-corrected chi connectivity index (χ2v) is 8.92. The van der Waals surface area contributed by atoms with Crippen molar-refractivity contribution in [2.45, 2.75) is 6.54 Å². The predicted octanol–water partition coefficient (Wildman–Crippen LogP) is 4.82. The molecule has 0 atom stereocenters. The molecule has 5 aromatic rings. The Morgan fingerprint density at radius 2 is 1.72 bits per heavy atom. The minimum Gasteiger partial charge on any atom is -0.465 e. The standard InChI is InChI=1S/C27H20N4O4S/c1-35-26(34)19-11-7-8-17(14-19)15-31-16-21(20-12-5-6-13-22(20)31)23(32)24(33)28-27-30-29-25(36-27)18-9-3-2-4-10-18/h2-14,16H,15H2,1H3,(H,28,30,33). The van der Waals surface area contributed by atoms with Crippen molar-refractivity contribution < 1.29 is 19.1 Å². The fourth-order valence-corrected chi connectivity index (χ4v) is 4.66. The second-order valence-electron chi connectivity index (χ2n) is 7.94. The lowest BCUT2D eigenvalue weighted by molar-refractivity contribution is -0.112. The topological polar surface area (TPSA) is 103 Å². The third-order valence-corrected chi connectivity index (χ3v) is 6.49. The van der Waals surface area contributed by atoms with Gasteiger partial charge in [-0.2, -0.15) is 0 Å². The van der Waals surface area contributed by atoms with Crippen molar-refractivity contribution in [1.82, 2.24) is 14.8 Å². The molecule has 178 valence electrons. The molecule has 3 aromatic carbocycles. The molecule has 0 radical (unpaired) electrons. The molecule has 0 spiro atoms. The number of hydrogen-bond acceptors (Lipinski definition) is 7. The number of Topliss-reactive ketones (excluding diaryl/α,β-unsaturated/α-hetero) is 1. The number of anilines is 1. The maximum atomic E-state index is 13.2. The summed E-state index contributed by atoms with van der Waals surface area (Å²) in [5.41, 5.74) is 3.24. The molecule has 0 bridgehead atoms. The molecule has 8 nitrogen and oxygen atoms in total. The number of ether oxygens (including phenoxy) is 1. The number of carbonyl (C=O) groups excluding carboxylic acids is 3. The fourth-order valence-electron chi connectivity index (χ4n) is 3.92. The normalized spacial score (nSPS) is 10.8. The number of hydrogen-bond donors (Lipinski definition) is 1. The van der Waals surface area contributed by atoms with E-state index in [0.717, 1.165) is 16.6 Å². The highest BCUT2D eigenvalue weighted by Crippen LogP contribution is 2.27. The molecule has 2 aromatic heterocycles. The Hall–Kier alpha value is -4.63. The highest BCUT2D eigenvalue weighted by atomic mass is 32.1. The summed E-state index contributed by atoms with van der Waals surface area (Å²) in [5, 5.41) is 12.2. The summed E-state index contributed by atoms with van der Waals surface area (Å²) >= 11 is 1.19. The number of carbonyl (C=O) groups is 3. The van der Waals surface area contributed by atoms with E-state index in [4.69, 9.17) is 4.74 Å². The van der Waals surface area contributed by atoms with Crippen LogP contribution in [0.25, 0.3) is 21.5 Å². The van der Waals surface area contributed by atoms with Crippen LogP contribution in [0.1, 0.15) is 26.3 Å². The largest absolute Gasteiger partial charge is 0.465 e. The number of methoxy groups -OCH3 is 1. The lowest BCUT2D eigenvalue weighted by atomic mass is 10.1. The summed E-state index contributed by atoms with van der Waals surface area (Å²) < 4.78 is 6.69. The number of fused-ring (bicyclic) bond motifs is 1. The molecule has 36 heavy (non-hydrogen) atoms. The van der Waals surface area contributed by atoms with Crippen LogP contribution in [0.4, 0.5) is 5.13 Å². The van der Waals surface area contributed by atoms with Crippen molar-refractivity contribution in [3.05, 3.63) is 102 Å². The van der Waals surface area contributed by atoms with Crippen LogP contribution < -0.4 is 5.32 Å². The van der Waals surface area contributed by atoms with E-state index in [1.165, 1.54) is 18.4 Å². The van der Waals surface area contributed by atoms with E-state index < -0.39 is 17.7 Å². The van der Waals surface area contributed by atoms with Crippen LogP contribution in [-0.2, 0) is 16.1 Å². The van der Waals surface area contributed by atoms with Gasteiger partial charge in [0, 0.05) is 29.2 Å². The smallest absolute Gasteiger partial charge is 0.337 e. The number of benzene rings is 3. The first-order valence-corrected chi connectivity index (χ1v) is 11.8. The molecule has 9 heteroatoms. The number of ketones is 1. The SMILES string of the molecule is COC(=O)c1cccc(Cn2cc(C(=O)C(=O)Nc3nnc(-c4ccccc4)s3)c3ccccc32)c1. The first-order chi connectivity index (χ1) is 17.5. The zero-order valence-corrected chi connectivity index (χ0v) is 20.0. The molecular weight excluding hydrogens is 476 g/mol. The average molecular weight is 497 g/mol. The number of amides is 1. The van der Waals surface area contributed by atoms with Gasteiger partial charge in [-0.25, -0.2) is 4.79 Å². The van der Waals surface area contributed by atoms with E-state index >= 15 is 0 Å². The van der Waals surface area contributed by atoms with Crippen molar-refractivity contribution in [3.8, 4) is 10.6 Å². The maximum Gasteiger partial charge on any atom is 0.337 e. The number of para-hydroxylation sites is 1. The Morgan fingerprint density at radius 1 is 0.944 bits per heavy atom. The van der Waals surface area contributed by atoms with Crippen LogP contribution in [0, 0.1) is 0 Å². The van der Waals surface area contributed by atoms with Crippen molar-refractivity contribution in [3.63, 3.8) is 0 Å². The molecule has 0 aliphatic rings. The Balaban J connectivity index is 1.39. The van der Waals surface area contributed by atoms with Crippen molar-refractivity contribution in [2.24, 2.45) is 0 Å². The first-order valence-electron chi connectivity index (χ1n) is 11.0. The van der Waals surface area contributed by atoms with Gasteiger partial charge in [0.15, 0.2) is 0 Å². The van der Waals surface area contributed by atoms with Crippen LogP contribution in [0.5, 0.6) is 0 Å². The minimum absolute atomic E-state index is 0.246. The Bertz CT molecular complexity index is 1590. The number of nitrogens with one attached hydrogen (secondary N) is 1. The zero-order valence-electron chi connectivity index (χ0n) is 19.2. The molecule has 2 heterocycles. The van der Waals surface area contributed by atoms with Crippen LogP contribution in [-0.4, -0.2) is 39.5 Å². The van der Waals surface area contributed by atoms with Crippen LogP contribution >= 0.6 is 11.3 Å². The summed E-state index contributed by atoms with van der Waals surface area (Å²) in [5.74, 6) is -1.89. The highest BCUT2D eigenvalue weighted by Gasteiger charge is 2.23. The van der Waals surface area contributed by atoms with Gasteiger partial charge in [0.05, 0.1) is 18.2 Å². The molecule has 0 fully saturated rings.